The normalized spacial score (nSPS) is 11.3. The van der Waals surface area contributed by atoms with Gasteiger partial charge in [-0.15, -0.1) is 5.10 Å². The zero-order valence-corrected chi connectivity index (χ0v) is 13.1. The van der Waals surface area contributed by atoms with Gasteiger partial charge in [0.25, 0.3) is 0 Å². The van der Waals surface area contributed by atoms with Gasteiger partial charge >= 0.3 is 0 Å². The number of hydrogen-bond acceptors (Lipinski definition) is 3. The lowest BCUT2D eigenvalue weighted by Crippen LogP contribution is -2.02. The van der Waals surface area contributed by atoms with Crippen LogP contribution in [0.3, 0.4) is 0 Å². The molecule has 23 heavy (non-hydrogen) atoms. The van der Waals surface area contributed by atoms with Crippen LogP contribution in [-0.2, 0) is 6.42 Å². The third kappa shape index (κ3) is 2.46. The molecule has 0 radical (unpaired) electrons. The van der Waals surface area contributed by atoms with Crippen LogP contribution in [0.2, 0.25) is 0 Å². The minimum atomic E-state index is 0.753. The van der Waals surface area contributed by atoms with Gasteiger partial charge in [-0.25, -0.2) is 14.5 Å². The molecule has 0 saturated heterocycles. The summed E-state index contributed by atoms with van der Waals surface area (Å²) in [6, 6.07) is 16.4. The molecule has 0 N–H and O–H groups in total. The number of fused-ring (bicyclic) bond motifs is 3. The Morgan fingerprint density at radius 2 is 1.91 bits per heavy atom. The smallest absolute Gasteiger partial charge is 0.183 e. The highest BCUT2D eigenvalue weighted by molar-refractivity contribution is 5.90. The summed E-state index contributed by atoms with van der Waals surface area (Å²) in [5.41, 5.74) is 4.96. The lowest BCUT2D eigenvalue weighted by Gasteiger charge is -2.08. The lowest BCUT2D eigenvalue weighted by molar-refractivity contribution is 0.741. The van der Waals surface area contributed by atoms with E-state index in [0.29, 0.717) is 0 Å². The molecule has 3 heterocycles. The summed E-state index contributed by atoms with van der Waals surface area (Å²) in [7, 11) is 0. The first-order chi connectivity index (χ1) is 11.4. The fourth-order valence-electron chi connectivity index (χ4n) is 2.87. The van der Waals surface area contributed by atoms with Gasteiger partial charge in [0.2, 0.25) is 0 Å². The van der Waals surface area contributed by atoms with Gasteiger partial charge in [0, 0.05) is 17.5 Å². The molecule has 0 fully saturated rings. The molecular formula is C19H18N4. The molecule has 0 saturated carbocycles. The van der Waals surface area contributed by atoms with Gasteiger partial charge in [-0.2, -0.15) is 0 Å². The second-order valence-electron chi connectivity index (χ2n) is 5.71. The Hall–Kier alpha value is -2.75. The van der Waals surface area contributed by atoms with E-state index in [1.807, 2.05) is 34.8 Å². The Labute approximate surface area is 134 Å². The number of pyridine rings is 1. The Morgan fingerprint density at radius 3 is 2.74 bits per heavy atom. The van der Waals surface area contributed by atoms with E-state index in [1.165, 1.54) is 5.69 Å². The second-order valence-corrected chi connectivity index (χ2v) is 5.71. The van der Waals surface area contributed by atoms with Crippen molar-refractivity contribution in [1.29, 1.82) is 0 Å². The van der Waals surface area contributed by atoms with E-state index in [0.717, 1.165) is 47.2 Å². The third-order valence-corrected chi connectivity index (χ3v) is 4.08. The van der Waals surface area contributed by atoms with Crippen molar-refractivity contribution >= 4 is 16.7 Å². The van der Waals surface area contributed by atoms with Gasteiger partial charge in [-0.05, 0) is 31.0 Å². The van der Waals surface area contributed by atoms with Crippen molar-refractivity contribution in [2.45, 2.75) is 26.2 Å². The molecule has 4 heteroatoms. The summed E-state index contributed by atoms with van der Waals surface area (Å²) in [6.07, 6.45) is 5.06. The Bertz CT molecular complexity index is 957. The molecule has 0 spiro atoms. The van der Waals surface area contributed by atoms with Crippen molar-refractivity contribution in [3.8, 4) is 11.3 Å². The fraction of sp³-hybridized carbons (Fsp3) is 0.211. The first-order valence-corrected chi connectivity index (χ1v) is 8.05. The predicted molar refractivity (Wildman–Crippen MR) is 92.3 cm³/mol. The molecule has 4 aromatic rings. The Kier molecular flexibility index (Phi) is 3.50. The molecule has 4 nitrogen and oxygen atoms in total. The zero-order chi connectivity index (χ0) is 15.6. The summed E-state index contributed by atoms with van der Waals surface area (Å²) < 4.78 is 1.96. The predicted octanol–water partition coefficient (Wildman–Crippen LogP) is 4.29. The van der Waals surface area contributed by atoms with Crippen LogP contribution < -0.4 is 0 Å². The zero-order valence-electron chi connectivity index (χ0n) is 13.1. The first kappa shape index (κ1) is 13.9. The average Bonchev–Trinajstić information content (AvgIpc) is 2.99. The lowest BCUT2D eigenvalue weighted by atomic mass is 10.1. The number of rotatable bonds is 4. The highest BCUT2D eigenvalue weighted by Gasteiger charge is 2.13. The standard InChI is InChI=1S/C19H18N4/c1-2-3-10-15-13-17(14-8-5-4-6-9-14)21-19-16-11-7-12-20-18(16)22-23(15)19/h4-9,11-13H,2-3,10H2,1H3. The number of aryl methyl sites for hydroxylation is 1. The van der Waals surface area contributed by atoms with Crippen LogP contribution in [0.5, 0.6) is 0 Å². The monoisotopic (exact) mass is 302 g/mol. The first-order valence-electron chi connectivity index (χ1n) is 8.05. The van der Waals surface area contributed by atoms with Crippen molar-refractivity contribution in [2.24, 2.45) is 0 Å². The fourth-order valence-corrected chi connectivity index (χ4v) is 2.87. The summed E-state index contributed by atoms with van der Waals surface area (Å²) in [4.78, 5) is 9.23. The summed E-state index contributed by atoms with van der Waals surface area (Å²) in [6.45, 7) is 2.21. The van der Waals surface area contributed by atoms with Gasteiger partial charge in [0.05, 0.1) is 11.1 Å². The molecule has 0 aliphatic carbocycles. The largest absolute Gasteiger partial charge is 0.235 e. The van der Waals surface area contributed by atoms with Crippen LogP contribution in [0, 0.1) is 0 Å². The van der Waals surface area contributed by atoms with Gasteiger partial charge < -0.3 is 0 Å². The summed E-state index contributed by atoms with van der Waals surface area (Å²) in [5, 5.41) is 5.65. The molecule has 0 unspecified atom stereocenters. The average molecular weight is 302 g/mol. The molecule has 1 aromatic carbocycles. The maximum atomic E-state index is 4.86. The van der Waals surface area contributed by atoms with Crippen molar-refractivity contribution in [3.05, 3.63) is 60.4 Å². The molecular weight excluding hydrogens is 284 g/mol. The number of nitrogens with zero attached hydrogens (tertiary/aromatic N) is 4. The van der Waals surface area contributed by atoms with Gasteiger partial charge in [0.15, 0.2) is 11.3 Å². The Balaban J connectivity index is 1.99. The molecule has 0 amide bonds. The number of aromatic nitrogens is 4. The summed E-state index contributed by atoms with van der Waals surface area (Å²) >= 11 is 0. The van der Waals surface area contributed by atoms with Crippen molar-refractivity contribution in [3.63, 3.8) is 0 Å². The van der Waals surface area contributed by atoms with E-state index in [9.17, 15) is 0 Å². The topological polar surface area (TPSA) is 43.1 Å². The molecule has 4 rings (SSSR count). The van der Waals surface area contributed by atoms with Crippen LogP contribution in [0.15, 0.2) is 54.7 Å². The van der Waals surface area contributed by atoms with Crippen molar-refractivity contribution < 1.29 is 0 Å². The van der Waals surface area contributed by atoms with Gasteiger partial charge in [0.1, 0.15) is 0 Å². The van der Waals surface area contributed by atoms with Crippen LogP contribution in [0.25, 0.3) is 27.9 Å². The van der Waals surface area contributed by atoms with E-state index < -0.39 is 0 Å². The van der Waals surface area contributed by atoms with Crippen LogP contribution in [-0.4, -0.2) is 19.6 Å². The number of unbranched alkanes of at least 4 members (excludes halogenated alkanes) is 1. The Morgan fingerprint density at radius 1 is 1.04 bits per heavy atom. The molecule has 0 aliphatic rings. The quantitative estimate of drug-likeness (QED) is 0.565. The maximum Gasteiger partial charge on any atom is 0.183 e. The molecule has 3 aromatic heterocycles. The van der Waals surface area contributed by atoms with E-state index in [2.05, 4.69) is 35.2 Å². The number of benzene rings is 1. The molecule has 0 atom stereocenters. The molecule has 0 bridgehead atoms. The maximum absolute atomic E-state index is 4.86. The van der Waals surface area contributed by atoms with E-state index in [4.69, 9.17) is 4.98 Å². The van der Waals surface area contributed by atoms with Gasteiger partial charge in [-0.3, -0.25) is 0 Å². The second kappa shape index (κ2) is 5.80. The molecule has 114 valence electrons. The van der Waals surface area contributed by atoms with Crippen LogP contribution in [0.4, 0.5) is 0 Å². The van der Waals surface area contributed by atoms with E-state index in [-0.39, 0.29) is 0 Å². The van der Waals surface area contributed by atoms with Crippen molar-refractivity contribution in [1.82, 2.24) is 19.6 Å². The minimum absolute atomic E-state index is 0.753. The SMILES string of the molecule is CCCCc1cc(-c2ccccc2)nc2c3cccnc3nn12. The highest BCUT2D eigenvalue weighted by atomic mass is 15.3. The van der Waals surface area contributed by atoms with Crippen molar-refractivity contribution in [2.75, 3.05) is 0 Å². The third-order valence-electron chi connectivity index (χ3n) is 4.08. The summed E-state index contributed by atoms with van der Waals surface area (Å²) in [5.74, 6) is 0. The molecule has 0 aliphatic heterocycles. The number of hydrogen-bond donors (Lipinski definition) is 0. The highest BCUT2D eigenvalue weighted by Crippen LogP contribution is 2.24. The van der Waals surface area contributed by atoms with E-state index >= 15 is 0 Å². The van der Waals surface area contributed by atoms with Crippen LogP contribution >= 0.6 is 0 Å². The van der Waals surface area contributed by atoms with Gasteiger partial charge in [-0.1, -0.05) is 43.7 Å². The minimum Gasteiger partial charge on any atom is -0.235 e. The van der Waals surface area contributed by atoms with Crippen LogP contribution in [0.1, 0.15) is 25.5 Å². The van der Waals surface area contributed by atoms with E-state index in [1.54, 1.807) is 6.20 Å².